The van der Waals surface area contributed by atoms with E-state index in [4.69, 9.17) is 27.1 Å². The lowest BCUT2D eigenvalue weighted by Crippen LogP contribution is -2.19. The van der Waals surface area contributed by atoms with Gasteiger partial charge in [0.15, 0.2) is 5.75 Å². The fourth-order valence-electron chi connectivity index (χ4n) is 19.9. The predicted molar refractivity (Wildman–Crippen MR) is 543 cm³/mol. The number of aryl methyl sites for hydroxylation is 20. The second-order valence-corrected chi connectivity index (χ2v) is 41.9. The summed E-state index contributed by atoms with van der Waals surface area (Å²) in [7, 11) is 0. The Morgan fingerprint density at radius 1 is 0.262 bits per heavy atom. The fraction of sp³-hybridized carbons (Fsp3) is 0.319. The van der Waals surface area contributed by atoms with Gasteiger partial charge in [-0.3, -0.25) is 19.6 Å². The van der Waals surface area contributed by atoms with Crippen LogP contribution in [0.3, 0.4) is 0 Å². The van der Waals surface area contributed by atoms with E-state index in [2.05, 4.69) is 351 Å². The van der Waals surface area contributed by atoms with Crippen molar-refractivity contribution in [1.82, 2.24) is 0 Å². The minimum atomic E-state index is -0.372. The van der Waals surface area contributed by atoms with E-state index in [1.54, 1.807) is 0 Å². The molecule has 0 N–H and O–H groups in total. The number of anilines is 12. The Morgan fingerprint density at radius 3 is 0.923 bits per heavy atom. The van der Waals surface area contributed by atoms with Crippen LogP contribution in [0.1, 0.15) is 239 Å². The van der Waals surface area contributed by atoms with Crippen molar-refractivity contribution in [3.05, 3.63) is 339 Å². The largest absolute Gasteiger partial charge is 0.483 e. The first-order valence-corrected chi connectivity index (χ1v) is 46.5. The van der Waals surface area contributed by atoms with Gasteiger partial charge in [-0.25, -0.2) is 4.79 Å². The first kappa shape index (κ1) is 89.3. The summed E-state index contributed by atoms with van der Waals surface area (Å²) in [5, 5.41) is 4.33. The number of nitrogens with zero attached hydrogens (tertiary/aromatic N) is 4. The molecule has 12 aromatic carbocycles. The zero-order valence-corrected chi connectivity index (χ0v) is 81.9. The van der Waals surface area contributed by atoms with Gasteiger partial charge in [-0.1, -0.05) is 243 Å². The van der Waals surface area contributed by atoms with E-state index in [0.717, 1.165) is 134 Å². The lowest BCUT2D eigenvalue weighted by atomic mass is 9.84. The summed E-state index contributed by atoms with van der Waals surface area (Å²) in [5.74, 6) is 4.15. The summed E-state index contributed by atoms with van der Waals surface area (Å²) in [6, 6.07) is 70.0. The molecule has 4 aromatic heterocycles. The van der Waals surface area contributed by atoms with Gasteiger partial charge < -0.3 is 27.1 Å². The van der Waals surface area contributed by atoms with E-state index in [0.29, 0.717) is 29.4 Å². The molecule has 0 radical (unpaired) electrons. The third-order valence-electron chi connectivity index (χ3n) is 26.7. The van der Waals surface area contributed by atoms with Crippen LogP contribution in [-0.4, -0.2) is 5.97 Å². The Hall–Kier alpha value is -12.7. The number of esters is 1. The van der Waals surface area contributed by atoms with Gasteiger partial charge in [0.2, 0.25) is 29.3 Å². The van der Waals surface area contributed by atoms with Crippen molar-refractivity contribution in [2.24, 2.45) is 0 Å². The minimum absolute atomic E-state index is 0.0307. The van der Waals surface area contributed by atoms with Crippen molar-refractivity contribution in [1.29, 1.82) is 0 Å². The maximum atomic E-state index is 13.3. The van der Waals surface area contributed by atoms with Gasteiger partial charge in [-0.15, -0.1) is 0 Å². The van der Waals surface area contributed by atoms with Gasteiger partial charge in [-0.2, -0.15) is 0 Å². The monoisotopic (exact) mass is 1720 g/mol. The van der Waals surface area contributed by atoms with Gasteiger partial charge in [0.25, 0.3) is 0 Å². The number of rotatable bonds is 4. The van der Waals surface area contributed by atoms with E-state index in [1.807, 2.05) is 56.3 Å². The molecule has 4 aliphatic rings. The molecule has 16 aromatic rings. The molecule has 11 heteroatoms. The minimum Gasteiger partial charge on any atom is -0.483 e. The van der Waals surface area contributed by atoms with Crippen molar-refractivity contribution in [3.8, 4) is 11.5 Å². The molecule has 0 saturated heterocycles. The zero-order chi connectivity index (χ0) is 92.7. The lowest BCUT2D eigenvalue weighted by Gasteiger charge is -2.32. The summed E-state index contributed by atoms with van der Waals surface area (Å²) < 4.78 is 38.5. The molecule has 20 rings (SSSR count). The lowest BCUT2D eigenvalue weighted by molar-refractivity contribution is 0.0739. The summed E-state index contributed by atoms with van der Waals surface area (Å²) in [6.07, 6.45) is 5.22. The van der Waals surface area contributed by atoms with Gasteiger partial charge in [0.05, 0.1) is 61.8 Å². The number of fused-ring (bicyclic) bond motifs is 16. The first-order chi connectivity index (χ1) is 61.4. The summed E-state index contributed by atoms with van der Waals surface area (Å²) in [4.78, 5) is 22.4. The number of ether oxygens (including phenoxy) is 2. The third kappa shape index (κ3) is 16.8. The standard InChI is InChI=1S/C31H35NO.C30H33NO.C29H29NO3.C29H31NO2/c1-19-11-13-27-23(15-19)9-8-10-25-26-16-20(2)12-14-28(26)33-30(25)32(27)29-21(3)17-24(18-22(29)4)31(5,6)7;1-18-8-12-26-22(14-18)10-11-24-25-15-19(2)9-13-27(25)32-29(24)31(26)28-20(3)16-23(17-21(28)4)30(5,6)7;1-16-8-10-23-21(12-16)28(31)33-26-22-13-17(2)9-11-24(22)32-27(26)30(23)25-18(3)14-20(15-19(25)4)29(5,6)7;1-17-8-10-24-21(12-17)16-31-27-23-13-18(2)9-11-25(23)32-28(27)30(24)26-19(3)14-22(15-20(26)4)29(5,6)7/h11-18H,8-10H2,1-7H3;8-9,12-17H,10-11H2,1-7H3;8-15H,1-7H3;8-15H,16H2,1-7H3. The van der Waals surface area contributed by atoms with Crippen LogP contribution in [0, 0.1) is 111 Å². The van der Waals surface area contributed by atoms with Crippen LogP contribution >= 0.6 is 0 Å². The highest BCUT2D eigenvalue weighted by Gasteiger charge is 2.39. The molecule has 130 heavy (non-hydrogen) atoms. The number of benzene rings is 12. The molecule has 0 saturated carbocycles. The van der Waals surface area contributed by atoms with Crippen LogP contribution in [0.5, 0.6) is 11.5 Å². The van der Waals surface area contributed by atoms with Gasteiger partial charge in [0.1, 0.15) is 28.9 Å². The topological polar surface area (TPSA) is 101 Å². The molecule has 0 atom stereocenters. The van der Waals surface area contributed by atoms with E-state index >= 15 is 0 Å². The highest BCUT2D eigenvalue weighted by Crippen LogP contribution is 2.57. The SMILES string of the molecule is Cc1ccc2c(c1)C(=O)Oc1c(oc3ccc(C)cc13)N2c1c(C)cc(C(C)(C)C)cc1C.Cc1ccc2c(c1)CCCc1c(oc3ccc(C)cc13)N2c1c(C)cc(C(C)(C)C)cc1C.Cc1ccc2c(c1)CCc1c(oc3ccc(C)cc13)N2c1c(C)cc(C(C)(C)C)cc1C.Cc1ccc2c(c1)COc1c(oc3ccc(C)cc13)N2c1c(C)cc(C(C)(C)C)cc1C. The van der Waals surface area contributed by atoms with Crippen LogP contribution in [0.4, 0.5) is 69.0 Å². The smallest absolute Gasteiger partial charge is 0.345 e. The average molecular weight is 1730 g/mol. The highest BCUT2D eigenvalue weighted by molar-refractivity contribution is 6.07. The number of carbonyl (C=O) groups is 1. The Balaban J connectivity index is 0.000000121. The first-order valence-electron chi connectivity index (χ1n) is 46.5. The second-order valence-electron chi connectivity index (χ2n) is 41.9. The van der Waals surface area contributed by atoms with Crippen LogP contribution in [0.25, 0.3) is 43.9 Å². The van der Waals surface area contributed by atoms with Crippen LogP contribution < -0.4 is 29.1 Å². The van der Waals surface area contributed by atoms with Crippen molar-refractivity contribution in [3.63, 3.8) is 0 Å². The molecule has 0 spiro atoms. The van der Waals surface area contributed by atoms with E-state index in [9.17, 15) is 4.79 Å². The number of carbonyl (C=O) groups excluding carboxylic acids is 1. The normalized spacial score (nSPS) is 13.7. The van der Waals surface area contributed by atoms with Crippen LogP contribution in [-0.2, 0) is 54.0 Å². The molecule has 666 valence electrons. The molecule has 8 heterocycles. The predicted octanol–water partition coefficient (Wildman–Crippen LogP) is 33.7. The second kappa shape index (κ2) is 33.6. The molecular formula is C119H128N4O7. The maximum Gasteiger partial charge on any atom is 0.345 e. The Morgan fingerprint density at radius 2 is 0.538 bits per heavy atom. The Labute approximate surface area is 770 Å². The van der Waals surface area contributed by atoms with Crippen LogP contribution in [0.15, 0.2) is 212 Å². The molecular weight excluding hydrogens is 1600 g/mol. The molecule has 0 unspecified atom stereocenters. The summed E-state index contributed by atoms with van der Waals surface area (Å²) >= 11 is 0. The van der Waals surface area contributed by atoms with Crippen molar-refractivity contribution in [2.45, 2.75) is 254 Å². The summed E-state index contributed by atoms with van der Waals surface area (Å²) in [5.41, 5.74) is 44.8. The Kier molecular flexibility index (Phi) is 23.1. The number of hydrogen-bond acceptors (Lipinski definition) is 11. The van der Waals surface area contributed by atoms with E-state index in [-0.39, 0.29) is 27.6 Å². The van der Waals surface area contributed by atoms with Crippen molar-refractivity contribution >= 4 is 119 Å². The molecule has 0 fully saturated rings. The maximum absolute atomic E-state index is 13.3. The molecule has 11 nitrogen and oxygen atoms in total. The average Bonchev–Trinajstić information content (AvgIpc) is 1.56. The van der Waals surface area contributed by atoms with Crippen LogP contribution in [0.2, 0.25) is 0 Å². The van der Waals surface area contributed by atoms with Crippen molar-refractivity contribution in [2.75, 3.05) is 19.6 Å². The van der Waals surface area contributed by atoms with Gasteiger partial charge in [-0.05, 0) is 321 Å². The van der Waals surface area contributed by atoms with E-state index in [1.165, 1.54) is 145 Å². The molecule has 0 aliphatic carbocycles. The quantitative estimate of drug-likeness (QED) is 0.157. The fourth-order valence-corrected chi connectivity index (χ4v) is 19.9. The number of hydrogen-bond donors (Lipinski definition) is 0. The van der Waals surface area contributed by atoms with Gasteiger partial charge >= 0.3 is 5.97 Å². The molecule has 0 amide bonds. The molecule has 4 aliphatic heterocycles. The van der Waals surface area contributed by atoms with E-state index < -0.39 is 0 Å². The number of furan rings is 4. The molecule has 0 bridgehead atoms. The summed E-state index contributed by atoms with van der Waals surface area (Å²) in [6.45, 7) is 62.2. The Bertz CT molecular complexity index is 6910. The highest BCUT2D eigenvalue weighted by atomic mass is 16.5. The zero-order valence-electron chi connectivity index (χ0n) is 81.9. The van der Waals surface area contributed by atoms with Crippen molar-refractivity contribution < 1.29 is 31.9 Å². The van der Waals surface area contributed by atoms with Gasteiger partial charge in [0, 0.05) is 27.5 Å². The third-order valence-corrected chi connectivity index (χ3v) is 26.7.